The van der Waals surface area contributed by atoms with Gasteiger partial charge in [0.1, 0.15) is 5.69 Å². The van der Waals surface area contributed by atoms with Gasteiger partial charge in [-0.3, -0.25) is 9.20 Å². The average Bonchev–Trinajstić information content (AvgIpc) is 3.51. The summed E-state index contributed by atoms with van der Waals surface area (Å²) in [6.07, 6.45) is 10.3. The number of fused-ring (bicyclic) bond motifs is 1. The van der Waals surface area contributed by atoms with Crippen molar-refractivity contribution >= 4 is 34.4 Å². The maximum atomic E-state index is 12.6. The number of unbranched alkanes of at least 4 members (excludes halogenated alkanes) is 2. The molecule has 1 aliphatic heterocycles. The lowest BCUT2D eigenvalue weighted by Crippen LogP contribution is -2.24. The molecule has 9 nitrogen and oxygen atoms in total. The maximum Gasteiger partial charge on any atom is 0.227 e. The van der Waals surface area contributed by atoms with Gasteiger partial charge >= 0.3 is 0 Å². The van der Waals surface area contributed by atoms with Gasteiger partial charge in [0.25, 0.3) is 0 Å². The van der Waals surface area contributed by atoms with Crippen molar-refractivity contribution in [3.63, 3.8) is 0 Å². The normalized spacial score (nSPS) is 15.5. The molecule has 3 N–H and O–H groups in total. The second-order valence-corrected chi connectivity index (χ2v) is 9.14. The molecule has 5 rings (SSSR count). The number of carbonyl (C=O) groups is 1. The first kappa shape index (κ1) is 23.6. The van der Waals surface area contributed by atoms with Crippen LogP contribution in [0, 0.1) is 10.8 Å². The summed E-state index contributed by atoms with van der Waals surface area (Å²) >= 11 is 0. The van der Waals surface area contributed by atoms with Gasteiger partial charge in [-0.25, -0.2) is 9.97 Å². The van der Waals surface area contributed by atoms with Crippen molar-refractivity contribution in [3.8, 4) is 11.3 Å². The molecule has 1 amide bonds. The Kier molecular flexibility index (Phi) is 6.99. The molecule has 3 heterocycles. The summed E-state index contributed by atoms with van der Waals surface area (Å²) in [5.74, 6) is 1.22. The zero-order valence-corrected chi connectivity index (χ0v) is 20.0. The number of imidazole rings is 1. The van der Waals surface area contributed by atoms with Gasteiger partial charge in [0.15, 0.2) is 11.5 Å². The number of aromatic nitrogens is 3. The zero-order chi connectivity index (χ0) is 24.9. The Bertz CT molecular complexity index is 1350. The summed E-state index contributed by atoms with van der Waals surface area (Å²) in [7, 11) is 0. The highest BCUT2D eigenvalue weighted by atomic mass is 16.3. The van der Waals surface area contributed by atoms with Crippen LogP contribution >= 0.6 is 0 Å². The largest absolute Gasteiger partial charge is 0.337 e. The van der Waals surface area contributed by atoms with E-state index in [0.29, 0.717) is 29.5 Å². The summed E-state index contributed by atoms with van der Waals surface area (Å²) in [6.45, 7) is 1.51. The summed E-state index contributed by atoms with van der Waals surface area (Å²) in [5, 5.41) is 6.30. The van der Waals surface area contributed by atoms with E-state index in [4.69, 9.17) is 5.73 Å². The fourth-order valence-corrected chi connectivity index (χ4v) is 4.75. The molecule has 2 aromatic heterocycles. The van der Waals surface area contributed by atoms with E-state index in [2.05, 4.69) is 20.5 Å². The Hall–Kier alpha value is -4.11. The highest BCUT2D eigenvalue weighted by molar-refractivity contribution is 5.96. The number of nitrogens with one attached hydrogen (secondary N) is 1. The number of hydrogen-bond acceptors (Lipinski definition) is 7. The highest BCUT2D eigenvalue weighted by Crippen LogP contribution is 2.30. The molecule has 1 atom stereocenters. The molecule has 36 heavy (non-hydrogen) atoms. The number of nitrogens with two attached hydrogens (primary N) is 1. The Morgan fingerprint density at radius 2 is 1.83 bits per heavy atom. The van der Waals surface area contributed by atoms with Crippen LogP contribution in [-0.2, 0) is 4.79 Å². The van der Waals surface area contributed by atoms with E-state index in [9.17, 15) is 9.70 Å². The third-order valence-corrected chi connectivity index (χ3v) is 6.66. The highest BCUT2D eigenvalue weighted by Gasteiger charge is 2.30. The first-order valence-electron chi connectivity index (χ1n) is 12.3. The number of carbonyl (C=O) groups excluding carboxylic acids is 1. The number of anilines is 3. The van der Waals surface area contributed by atoms with E-state index in [0.717, 1.165) is 61.4 Å². The quantitative estimate of drug-likeness (QED) is 0.230. The van der Waals surface area contributed by atoms with Crippen LogP contribution < -0.4 is 16.0 Å². The summed E-state index contributed by atoms with van der Waals surface area (Å²) < 4.78 is 1.95. The number of nitroso groups, excluding NO2 is 1. The maximum absolute atomic E-state index is 12.6. The molecule has 1 unspecified atom stereocenters. The van der Waals surface area contributed by atoms with Crippen LogP contribution in [0.4, 0.5) is 22.9 Å². The van der Waals surface area contributed by atoms with Gasteiger partial charge in [0.05, 0.1) is 11.9 Å². The van der Waals surface area contributed by atoms with Crippen molar-refractivity contribution in [2.24, 2.45) is 16.8 Å². The molecule has 0 spiro atoms. The Labute approximate surface area is 209 Å². The Balaban J connectivity index is 1.28. The predicted octanol–water partition coefficient (Wildman–Crippen LogP) is 5.41. The van der Waals surface area contributed by atoms with E-state index >= 15 is 0 Å². The fourth-order valence-electron chi connectivity index (χ4n) is 4.75. The van der Waals surface area contributed by atoms with E-state index < -0.39 is 0 Å². The lowest BCUT2D eigenvalue weighted by molar-refractivity contribution is -0.117. The lowest BCUT2D eigenvalue weighted by atomic mass is 10.0. The van der Waals surface area contributed by atoms with Crippen LogP contribution in [0.25, 0.3) is 16.9 Å². The summed E-state index contributed by atoms with van der Waals surface area (Å²) in [4.78, 5) is 34.2. The number of hydrogen-bond donors (Lipinski definition) is 2. The van der Waals surface area contributed by atoms with Gasteiger partial charge in [0.2, 0.25) is 5.91 Å². The van der Waals surface area contributed by atoms with Crippen LogP contribution in [0.3, 0.4) is 0 Å². The molecule has 0 radical (unpaired) electrons. The van der Waals surface area contributed by atoms with Gasteiger partial charge in [-0.15, -0.1) is 4.91 Å². The van der Waals surface area contributed by atoms with Crippen LogP contribution in [0.1, 0.15) is 32.1 Å². The van der Waals surface area contributed by atoms with Crippen molar-refractivity contribution in [3.05, 3.63) is 72.0 Å². The second kappa shape index (κ2) is 10.7. The van der Waals surface area contributed by atoms with Gasteiger partial charge < -0.3 is 16.0 Å². The summed E-state index contributed by atoms with van der Waals surface area (Å²) in [5.41, 5.74) is 10.2. The molecule has 9 heteroatoms. The van der Waals surface area contributed by atoms with Gasteiger partial charge in [-0.05, 0) is 66.9 Å². The van der Waals surface area contributed by atoms with E-state index in [-0.39, 0.29) is 5.91 Å². The van der Waals surface area contributed by atoms with E-state index in [1.807, 2.05) is 51.9 Å². The van der Waals surface area contributed by atoms with Crippen molar-refractivity contribution in [1.29, 1.82) is 0 Å². The number of rotatable bonds is 10. The minimum atomic E-state index is 0.188. The molecule has 0 bridgehead atoms. The minimum Gasteiger partial charge on any atom is -0.337 e. The first-order valence-corrected chi connectivity index (χ1v) is 12.3. The van der Waals surface area contributed by atoms with Gasteiger partial charge in [-0.2, -0.15) is 0 Å². The zero-order valence-electron chi connectivity index (χ0n) is 20.0. The molecular formula is C27H29N7O2. The summed E-state index contributed by atoms with van der Waals surface area (Å²) in [6, 6.07) is 14.9. The van der Waals surface area contributed by atoms with Crippen LogP contribution in [0.5, 0.6) is 0 Å². The number of benzene rings is 2. The molecule has 0 saturated carbocycles. The van der Waals surface area contributed by atoms with Gasteiger partial charge in [-0.1, -0.05) is 25.0 Å². The van der Waals surface area contributed by atoms with Gasteiger partial charge in [0, 0.05) is 42.3 Å². The average molecular weight is 484 g/mol. The number of amides is 1. The van der Waals surface area contributed by atoms with Crippen LogP contribution in [-0.4, -0.2) is 33.4 Å². The predicted molar refractivity (Wildman–Crippen MR) is 142 cm³/mol. The molecular weight excluding hydrogens is 454 g/mol. The van der Waals surface area contributed by atoms with Crippen molar-refractivity contribution in [2.45, 2.75) is 32.1 Å². The van der Waals surface area contributed by atoms with Crippen molar-refractivity contribution in [1.82, 2.24) is 14.4 Å². The van der Waals surface area contributed by atoms with E-state index in [1.54, 1.807) is 24.5 Å². The molecule has 0 aliphatic carbocycles. The van der Waals surface area contributed by atoms with Crippen molar-refractivity contribution in [2.75, 3.05) is 23.3 Å². The minimum absolute atomic E-state index is 0.188. The third-order valence-electron chi connectivity index (χ3n) is 6.66. The molecule has 2 aromatic carbocycles. The Morgan fingerprint density at radius 1 is 1.03 bits per heavy atom. The molecule has 1 aliphatic rings. The smallest absolute Gasteiger partial charge is 0.227 e. The number of nitrogens with zero attached hydrogens (tertiary/aromatic N) is 5. The monoisotopic (exact) mass is 483 g/mol. The Morgan fingerprint density at radius 3 is 2.58 bits per heavy atom. The lowest BCUT2D eigenvalue weighted by Gasteiger charge is -2.17. The van der Waals surface area contributed by atoms with Crippen LogP contribution in [0.15, 0.2) is 72.3 Å². The third kappa shape index (κ3) is 4.96. The molecule has 1 fully saturated rings. The first-order chi connectivity index (χ1) is 17.7. The van der Waals surface area contributed by atoms with E-state index in [1.165, 1.54) is 0 Å². The topological polar surface area (TPSA) is 118 Å². The van der Waals surface area contributed by atoms with Crippen molar-refractivity contribution < 1.29 is 4.79 Å². The fraction of sp³-hybridized carbons (Fsp3) is 0.296. The molecule has 184 valence electrons. The molecule has 4 aromatic rings. The standard InChI is InChI=1S/C27H29N7O2/c28-13-3-1-2-4-19-16-25(35)34(18-19)23-11-9-21(10-12-23)31-26-27-30-17-24(33(27)15-14-29-26)20-5-7-22(32-36)8-6-20/h5-12,14-15,17,19H,1-4,13,16,18,28H2,(H,29,31). The molecule has 1 saturated heterocycles. The SMILES string of the molecule is NCCCCCC1CC(=O)N(c2ccc(Nc3nccn4c(-c5ccc(N=O)cc5)cnc34)cc2)C1. The second-order valence-electron chi connectivity index (χ2n) is 9.14. The van der Waals surface area contributed by atoms with Crippen LogP contribution in [0.2, 0.25) is 0 Å².